The van der Waals surface area contributed by atoms with Crippen molar-refractivity contribution in [2.75, 3.05) is 82.5 Å². The van der Waals surface area contributed by atoms with Gasteiger partial charge in [0.25, 0.3) is 5.91 Å². The molecule has 0 radical (unpaired) electrons. The maximum absolute atomic E-state index is 13.5. The number of aryl methyl sites for hydroxylation is 1. The van der Waals surface area contributed by atoms with E-state index in [0.29, 0.717) is 102 Å². The fourth-order valence-corrected chi connectivity index (χ4v) is 9.30. The zero-order chi connectivity index (χ0) is 52.3. The number of benzene rings is 3. The van der Waals surface area contributed by atoms with Crippen LogP contribution in [0.1, 0.15) is 96.9 Å². The second kappa shape index (κ2) is 27.2. The van der Waals surface area contributed by atoms with Crippen molar-refractivity contribution in [2.45, 2.75) is 89.4 Å². The minimum atomic E-state index is -0.695. The molecule has 3 aliphatic heterocycles. The number of pyridine rings is 1. The Kier molecular flexibility index (Phi) is 20.0. The number of ether oxygens (including phenoxy) is 3. The van der Waals surface area contributed by atoms with Crippen LogP contribution >= 0.6 is 0 Å². The lowest BCUT2D eigenvalue weighted by Gasteiger charge is -2.38. The number of nitrogens with one attached hydrogen (secondary N) is 5. The first-order valence-electron chi connectivity index (χ1n) is 25.7. The van der Waals surface area contributed by atoms with E-state index in [1.54, 1.807) is 30.6 Å². The van der Waals surface area contributed by atoms with Crippen molar-refractivity contribution in [2.24, 2.45) is 10.7 Å². The Bertz CT molecular complexity index is 2580. The Hall–Kier alpha value is -7.22. The number of rotatable bonds is 25. The summed E-state index contributed by atoms with van der Waals surface area (Å²) in [4.78, 5) is 76.5. The highest BCUT2D eigenvalue weighted by Crippen LogP contribution is 2.28. The van der Waals surface area contributed by atoms with E-state index in [0.717, 1.165) is 66.2 Å². The van der Waals surface area contributed by atoms with Gasteiger partial charge >= 0.3 is 0 Å². The van der Waals surface area contributed by atoms with Crippen LogP contribution in [0.2, 0.25) is 0 Å². The average molecular weight is 1010 g/mol. The summed E-state index contributed by atoms with van der Waals surface area (Å²) in [5, 5.41) is 20.9. The van der Waals surface area contributed by atoms with E-state index in [-0.39, 0.29) is 49.2 Å². The van der Waals surface area contributed by atoms with E-state index in [9.17, 15) is 24.0 Å². The molecule has 1 aromatic heterocycles. The summed E-state index contributed by atoms with van der Waals surface area (Å²) < 4.78 is 17.6. The first-order valence-corrected chi connectivity index (χ1v) is 25.7. The summed E-state index contributed by atoms with van der Waals surface area (Å²) in [7, 11) is 0. The smallest absolute Gasteiger partial charge is 0.251 e. The van der Waals surface area contributed by atoms with Gasteiger partial charge in [-0.3, -0.25) is 39.7 Å². The van der Waals surface area contributed by atoms with Crippen molar-refractivity contribution >= 4 is 53.1 Å². The number of piperazine rings is 1. The zero-order valence-electron chi connectivity index (χ0n) is 42.6. The minimum absolute atomic E-state index is 0.0239. The number of anilines is 2. The molecule has 3 fully saturated rings. The lowest BCUT2D eigenvalue weighted by Crippen LogP contribution is -2.56. The fourth-order valence-electron chi connectivity index (χ4n) is 9.30. The van der Waals surface area contributed by atoms with Gasteiger partial charge in [0.1, 0.15) is 24.2 Å². The van der Waals surface area contributed by atoms with Crippen LogP contribution in [0.5, 0.6) is 5.75 Å². The van der Waals surface area contributed by atoms with E-state index in [1.165, 1.54) is 4.90 Å². The van der Waals surface area contributed by atoms with Gasteiger partial charge < -0.3 is 50.6 Å². The number of aliphatic imine (C=N–C) groups is 1. The van der Waals surface area contributed by atoms with Gasteiger partial charge in [0.2, 0.25) is 24.1 Å². The molecule has 3 aliphatic rings. The number of carbonyl (C=O) groups is 5. The van der Waals surface area contributed by atoms with Crippen LogP contribution in [0.4, 0.5) is 11.4 Å². The van der Waals surface area contributed by atoms with Crippen LogP contribution in [-0.2, 0) is 35.2 Å². The van der Waals surface area contributed by atoms with Gasteiger partial charge in [-0.25, -0.2) is 4.99 Å². The number of nitrogens with two attached hydrogens (primary N) is 1. The van der Waals surface area contributed by atoms with Crippen molar-refractivity contribution in [1.29, 1.82) is 5.41 Å². The molecule has 0 bridgehead atoms. The zero-order valence-corrected chi connectivity index (χ0v) is 42.6. The number of amidine groups is 2. The third-order valence-corrected chi connectivity index (χ3v) is 13.8. The van der Waals surface area contributed by atoms with Crippen molar-refractivity contribution in [1.82, 2.24) is 30.7 Å². The molecule has 4 aromatic rings. The van der Waals surface area contributed by atoms with Crippen molar-refractivity contribution in [3.63, 3.8) is 0 Å². The van der Waals surface area contributed by atoms with Crippen LogP contribution in [0, 0.1) is 12.3 Å². The summed E-state index contributed by atoms with van der Waals surface area (Å²) in [6.45, 7) is 10.2. The quantitative estimate of drug-likeness (QED) is 0.0171. The summed E-state index contributed by atoms with van der Waals surface area (Å²) >= 11 is 0. The minimum Gasteiger partial charge on any atom is -0.494 e. The Balaban J connectivity index is 0.737. The second-order valence-corrected chi connectivity index (χ2v) is 19.0. The molecule has 7 rings (SSSR count). The summed E-state index contributed by atoms with van der Waals surface area (Å²) in [6, 6.07) is 23.7. The molecule has 0 saturated carbocycles. The van der Waals surface area contributed by atoms with Gasteiger partial charge in [0, 0.05) is 93.9 Å². The molecule has 3 aromatic carbocycles. The van der Waals surface area contributed by atoms with Gasteiger partial charge in [-0.15, -0.1) is 0 Å². The normalized spacial score (nSPS) is 17.2. The molecule has 0 aliphatic carbocycles. The van der Waals surface area contributed by atoms with Crippen LogP contribution in [0.25, 0.3) is 0 Å². The molecule has 19 nitrogen and oxygen atoms in total. The SMILES string of the molecule is Cc1ccc(N2CCN(C(=O)COCCCOCCCCCOc3cccc([C@H](C)NC(=O)c4cccc(NC5(C(N)=NC(=N)c6ccncc6)CCNCC5)c4)c3)CC2)cc1CN(C=O)C1CCC(=O)NC1=O. The number of hydrogen-bond acceptors (Lipinski definition) is 13. The van der Waals surface area contributed by atoms with Gasteiger partial charge in [-0.1, -0.05) is 24.3 Å². The summed E-state index contributed by atoms with van der Waals surface area (Å²) in [5.74, 6) is 0.0994. The molecular weight excluding hydrogens is 943 g/mol. The predicted molar refractivity (Wildman–Crippen MR) is 283 cm³/mol. The highest BCUT2D eigenvalue weighted by Gasteiger charge is 2.37. The molecule has 7 N–H and O–H groups in total. The fraction of sp³-hybridized carbons (Fsp3) is 0.455. The molecule has 1 unspecified atom stereocenters. The number of nitrogens with zero attached hydrogens (tertiary/aromatic N) is 5. The number of hydrogen-bond donors (Lipinski definition) is 6. The molecule has 3 saturated heterocycles. The Labute approximate surface area is 433 Å². The summed E-state index contributed by atoms with van der Waals surface area (Å²) in [5.41, 5.74) is 11.6. The lowest BCUT2D eigenvalue weighted by molar-refractivity contribution is -0.141. The Morgan fingerprint density at radius 2 is 1.66 bits per heavy atom. The maximum Gasteiger partial charge on any atom is 0.251 e. The van der Waals surface area contributed by atoms with Gasteiger partial charge in [0.15, 0.2) is 5.84 Å². The van der Waals surface area contributed by atoms with E-state index >= 15 is 0 Å². The highest BCUT2D eigenvalue weighted by atomic mass is 16.5. The molecule has 4 heterocycles. The number of unbranched alkanes of at least 4 members (excludes halogenated alkanes) is 2. The number of aromatic nitrogens is 1. The third kappa shape index (κ3) is 15.4. The van der Waals surface area contributed by atoms with E-state index in [4.69, 9.17) is 25.4 Å². The number of piperidine rings is 2. The average Bonchev–Trinajstić information content (AvgIpc) is 3.42. The van der Waals surface area contributed by atoms with E-state index in [1.807, 2.05) is 79.4 Å². The van der Waals surface area contributed by atoms with Gasteiger partial charge in [-0.2, -0.15) is 0 Å². The first kappa shape index (κ1) is 54.6. The maximum atomic E-state index is 13.5. The molecule has 19 heteroatoms. The molecule has 0 spiro atoms. The van der Waals surface area contributed by atoms with Crippen LogP contribution in [-0.4, -0.2) is 140 Å². The van der Waals surface area contributed by atoms with Gasteiger partial charge in [0.05, 0.1) is 18.2 Å². The van der Waals surface area contributed by atoms with E-state index < -0.39 is 17.5 Å². The number of imide groups is 1. The molecule has 5 amide bonds. The second-order valence-electron chi connectivity index (χ2n) is 19.0. The van der Waals surface area contributed by atoms with Crippen molar-refractivity contribution in [3.8, 4) is 5.75 Å². The summed E-state index contributed by atoms with van der Waals surface area (Å²) in [6.07, 6.45) is 9.13. The Morgan fingerprint density at radius 1 is 0.919 bits per heavy atom. The number of carbonyl (C=O) groups excluding carboxylic acids is 5. The topological polar surface area (TPSA) is 246 Å². The highest BCUT2D eigenvalue weighted by molar-refractivity contribution is 6.08. The van der Waals surface area contributed by atoms with Crippen molar-refractivity contribution in [3.05, 3.63) is 119 Å². The van der Waals surface area contributed by atoms with Crippen LogP contribution in [0.3, 0.4) is 0 Å². The van der Waals surface area contributed by atoms with E-state index in [2.05, 4.69) is 36.1 Å². The van der Waals surface area contributed by atoms with Gasteiger partial charge in [-0.05, 0) is 143 Å². The molecular formula is C55H71N11O8. The Morgan fingerprint density at radius 3 is 2.43 bits per heavy atom. The van der Waals surface area contributed by atoms with Crippen LogP contribution < -0.4 is 36.6 Å². The molecule has 2 atom stereocenters. The molecule has 74 heavy (non-hydrogen) atoms. The number of amides is 5. The lowest BCUT2D eigenvalue weighted by atomic mass is 9.86. The predicted octanol–water partition coefficient (Wildman–Crippen LogP) is 4.88. The van der Waals surface area contributed by atoms with Crippen molar-refractivity contribution < 1.29 is 38.2 Å². The van der Waals surface area contributed by atoms with Crippen LogP contribution in [0.15, 0.2) is 96.2 Å². The standard InChI is InChI=1S/C55H71N11O8/c1-39-13-14-46(34-44(39)36-66(38-67)48-15-16-49(68)61-53(48)71)64-25-27-65(28-26-64)50(69)37-73-31-8-30-72-29-4-3-5-32-74-47-12-7-9-42(35-47)40(2)60-52(70)43-10-6-11-45(33-43)63-55(19-23-59-24-20-55)54(57)62-51(56)41-17-21-58-22-18-41/h6-7,9-14,17-18,21-22,33-35,38,40,48,59,63H,3-5,8,15-16,19-20,23-32,36-37H2,1-2H3,(H,60,70)(H3,56,57,62)(H,61,68,71)/t40-,48?/m0/s1. The first-order chi connectivity index (χ1) is 35.9. The monoisotopic (exact) mass is 1010 g/mol. The molecule has 394 valence electrons. The third-order valence-electron chi connectivity index (χ3n) is 13.8. The largest absolute Gasteiger partial charge is 0.494 e.